The van der Waals surface area contributed by atoms with Gasteiger partial charge in [-0.2, -0.15) is 0 Å². The summed E-state index contributed by atoms with van der Waals surface area (Å²) in [4.78, 5) is 53.3. The number of hydrogen-bond donors (Lipinski definition) is 3. The van der Waals surface area contributed by atoms with E-state index < -0.39 is 4.92 Å². The van der Waals surface area contributed by atoms with Gasteiger partial charge >= 0.3 is 0 Å². The molecule has 71 heavy (non-hydrogen) atoms. The normalized spacial score (nSPS) is 15.1. The molecule has 0 aromatic heterocycles. The number of anilines is 3. The molecule has 6 aromatic carbocycles. The van der Waals surface area contributed by atoms with Crippen molar-refractivity contribution < 1.29 is 23.7 Å². The minimum absolute atomic E-state index is 0.00996. The summed E-state index contributed by atoms with van der Waals surface area (Å²) >= 11 is 5.90. The fraction of sp³-hybridized carbons (Fsp3) is 0.211. The molecule has 3 amide bonds. The van der Waals surface area contributed by atoms with Crippen molar-refractivity contribution in [1.82, 2.24) is 0 Å². The van der Waals surface area contributed by atoms with Gasteiger partial charge in [-0.05, 0) is 97.7 Å². The molecule has 0 atom stereocenters. The molecule has 3 aliphatic heterocycles. The number of nitrogens with two attached hydrogens (primary N) is 3. The first kappa shape index (κ1) is 51.3. The molecule has 6 aromatic rings. The number of nitrogens with zero attached hydrogens (tertiary/aromatic N) is 4. The molecule has 6 N–H and O–H groups in total. The number of carbonyl (C=O) groups is 3. The summed E-state index contributed by atoms with van der Waals surface area (Å²) < 4.78 is 12.9. The number of rotatable bonds is 16. The van der Waals surface area contributed by atoms with Crippen LogP contribution in [0.4, 0.5) is 27.1 Å². The Morgan fingerprint density at radius 2 is 0.789 bits per heavy atom. The van der Waals surface area contributed by atoms with Crippen LogP contribution in [0.25, 0.3) is 16.7 Å². The van der Waals surface area contributed by atoms with E-state index in [1.54, 1.807) is 39.0 Å². The minimum atomic E-state index is -0.411. The number of nitro benzene ring substituents is 1. The van der Waals surface area contributed by atoms with E-state index in [0.29, 0.717) is 57.7 Å². The number of allylic oxidation sites excluding steroid dienone is 3. The lowest BCUT2D eigenvalue weighted by Gasteiger charge is -2.15. The summed E-state index contributed by atoms with van der Waals surface area (Å²) in [6, 6.07) is 44.2. The van der Waals surface area contributed by atoms with Crippen LogP contribution >= 0.6 is 11.6 Å². The van der Waals surface area contributed by atoms with E-state index in [0.717, 1.165) is 86.7 Å². The molecule has 364 valence electrons. The van der Waals surface area contributed by atoms with Gasteiger partial charge in [-0.15, -0.1) is 0 Å². The van der Waals surface area contributed by atoms with Gasteiger partial charge in [0.2, 0.25) is 0 Å². The topological polar surface area (TPSA) is 182 Å². The average Bonchev–Trinajstić information content (AvgIpc) is 3.92. The Bertz CT molecular complexity index is 2810. The molecule has 0 spiro atoms. The number of non-ortho nitro benzene ring substituents is 1. The first-order valence-electron chi connectivity index (χ1n) is 23.7. The van der Waals surface area contributed by atoms with Gasteiger partial charge in [0.25, 0.3) is 23.4 Å². The second-order valence-corrected chi connectivity index (χ2v) is 17.4. The van der Waals surface area contributed by atoms with Crippen molar-refractivity contribution in [3.8, 4) is 0 Å². The minimum Gasteiger partial charge on any atom is -0.329 e. The van der Waals surface area contributed by atoms with Crippen molar-refractivity contribution in [2.45, 2.75) is 38.5 Å². The van der Waals surface area contributed by atoms with Crippen LogP contribution in [0.3, 0.4) is 0 Å². The van der Waals surface area contributed by atoms with Crippen LogP contribution < -0.4 is 31.9 Å². The predicted octanol–water partition coefficient (Wildman–Crippen LogP) is 9.72. The number of para-hydroxylation sites is 3. The molecule has 9 rings (SSSR count). The van der Waals surface area contributed by atoms with Crippen molar-refractivity contribution in [3.05, 3.63) is 218 Å². The number of benzene rings is 6. The van der Waals surface area contributed by atoms with Crippen LogP contribution in [0.1, 0.15) is 52.6 Å². The molecular weight excluding hydrogens is 917 g/mol. The van der Waals surface area contributed by atoms with Gasteiger partial charge in [-0.3, -0.25) is 24.5 Å². The number of fused-ring (bicyclic) bond motifs is 3. The molecule has 3 heterocycles. The Labute approximate surface area is 418 Å². The number of aryl methyl sites for hydroxylation is 3. The van der Waals surface area contributed by atoms with Gasteiger partial charge in [0.15, 0.2) is 0 Å². The summed E-state index contributed by atoms with van der Waals surface area (Å²) in [6.45, 7) is 2.86. The second kappa shape index (κ2) is 24.8. The molecule has 0 fully saturated rings. The maximum atomic E-state index is 12.9. The molecule has 12 nitrogen and oxygen atoms in total. The summed E-state index contributed by atoms with van der Waals surface area (Å²) in [6.07, 6.45) is 10.6. The quantitative estimate of drug-likeness (QED) is 0.0487. The summed E-state index contributed by atoms with van der Waals surface area (Å²) in [5.74, 6) is -0.191. The van der Waals surface area contributed by atoms with E-state index >= 15 is 0 Å². The number of carbonyl (C=O) groups excluding carboxylic acids is 3. The number of amides is 3. The third-order valence-corrected chi connectivity index (χ3v) is 12.5. The van der Waals surface area contributed by atoms with Crippen LogP contribution in [-0.4, -0.2) is 61.9 Å². The van der Waals surface area contributed by atoms with Crippen LogP contribution in [-0.2, 0) is 33.6 Å². The Balaban J connectivity index is 0.000000157. The second-order valence-electron chi connectivity index (χ2n) is 16.9. The van der Waals surface area contributed by atoms with E-state index in [1.165, 1.54) is 29.8 Å². The third kappa shape index (κ3) is 12.6. The van der Waals surface area contributed by atoms with Crippen molar-refractivity contribution in [3.63, 3.8) is 0 Å². The van der Waals surface area contributed by atoms with Crippen molar-refractivity contribution in [2.24, 2.45) is 17.2 Å². The van der Waals surface area contributed by atoms with Crippen LogP contribution in [0.15, 0.2) is 164 Å². The highest BCUT2D eigenvalue weighted by Crippen LogP contribution is 2.39. The van der Waals surface area contributed by atoms with E-state index in [-0.39, 0.29) is 29.2 Å². The number of nitro groups is 1. The first-order valence-corrected chi connectivity index (χ1v) is 24.1. The summed E-state index contributed by atoms with van der Waals surface area (Å²) in [7, 11) is 0. The van der Waals surface area contributed by atoms with Gasteiger partial charge in [-0.25, -0.2) is 4.39 Å². The monoisotopic (exact) mass is 973 g/mol. The molecule has 0 radical (unpaired) electrons. The standard InChI is InChI=1S/C19H19ClN2O.C19H19FN2O.C19H19N3O3/c2*20-15-10-8-14(9-11-15)4-3-6-17-16-5-1-2-7-18(16)22(13-12-21)19(17)23;20-12-13-21-18-7-2-1-5-16(18)17(19(21)23)6-3-4-14-8-10-15(11-9-14)22(24)25/h2*1-2,5-11H,3-4,12-13,21H2;1-2,5-11H,3-4,12-13,20H2/b3*17-6+. The zero-order valence-corrected chi connectivity index (χ0v) is 40.1. The highest BCUT2D eigenvalue weighted by atomic mass is 35.5. The van der Waals surface area contributed by atoms with Gasteiger partial charge in [0.1, 0.15) is 5.82 Å². The van der Waals surface area contributed by atoms with E-state index in [9.17, 15) is 28.9 Å². The highest BCUT2D eigenvalue weighted by Gasteiger charge is 2.33. The Hall–Kier alpha value is -7.55. The lowest BCUT2D eigenvalue weighted by atomic mass is 10.0. The molecule has 14 heteroatoms. The molecule has 0 saturated carbocycles. The fourth-order valence-electron chi connectivity index (χ4n) is 8.80. The largest absolute Gasteiger partial charge is 0.329 e. The Morgan fingerprint density at radius 3 is 1.11 bits per heavy atom. The number of hydrogen-bond acceptors (Lipinski definition) is 8. The lowest BCUT2D eigenvalue weighted by Crippen LogP contribution is -2.31. The zero-order valence-electron chi connectivity index (χ0n) is 39.4. The molecule has 3 aliphatic rings. The van der Waals surface area contributed by atoms with Crippen LogP contribution in [0.2, 0.25) is 5.02 Å². The fourth-order valence-corrected chi connectivity index (χ4v) is 8.93. The molecular formula is C57H57ClFN7O5. The van der Waals surface area contributed by atoms with E-state index in [4.69, 9.17) is 28.8 Å². The summed E-state index contributed by atoms with van der Waals surface area (Å²) in [5, 5.41) is 11.4. The highest BCUT2D eigenvalue weighted by molar-refractivity contribution is 6.34. The SMILES string of the molecule is NCCN1C(=O)/C(=C/CCc2ccc(Cl)cc2)c2ccccc21.NCCN1C(=O)/C(=C/CCc2ccc(F)cc2)c2ccccc21.NCCN1C(=O)/C(=C/CCc2ccc([N+](=O)[O-])cc2)c2ccccc21. The molecule has 0 saturated heterocycles. The molecule has 0 aliphatic carbocycles. The molecule has 0 bridgehead atoms. The van der Waals surface area contributed by atoms with Crippen LogP contribution in [0.5, 0.6) is 0 Å². The van der Waals surface area contributed by atoms with Crippen molar-refractivity contribution in [2.75, 3.05) is 54.0 Å². The van der Waals surface area contributed by atoms with Gasteiger partial charge in [0, 0.05) is 89.8 Å². The first-order chi connectivity index (χ1) is 34.5. The Kier molecular flexibility index (Phi) is 17.9. The maximum Gasteiger partial charge on any atom is 0.269 e. The maximum absolute atomic E-state index is 12.9. The zero-order chi connectivity index (χ0) is 50.3. The Morgan fingerprint density at radius 1 is 0.479 bits per heavy atom. The van der Waals surface area contributed by atoms with Crippen LogP contribution in [0, 0.1) is 15.9 Å². The third-order valence-electron chi connectivity index (χ3n) is 12.3. The predicted molar refractivity (Wildman–Crippen MR) is 283 cm³/mol. The van der Waals surface area contributed by atoms with E-state index in [1.807, 2.05) is 115 Å². The summed E-state index contributed by atoms with van der Waals surface area (Å²) in [5.41, 5.74) is 28.1. The van der Waals surface area contributed by atoms with Gasteiger partial charge in [-0.1, -0.05) is 121 Å². The van der Waals surface area contributed by atoms with E-state index in [2.05, 4.69) is 0 Å². The smallest absolute Gasteiger partial charge is 0.269 e. The molecule has 0 unspecified atom stereocenters. The lowest BCUT2D eigenvalue weighted by molar-refractivity contribution is -0.384. The van der Waals surface area contributed by atoms with Gasteiger partial charge in [0.05, 0.1) is 22.0 Å². The average molecular weight is 975 g/mol. The van der Waals surface area contributed by atoms with Gasteiger partial charge < -0.3 is 31.9 Å². The van der Waals surface area contributed by atoms with Crippen molar-refractivity contribution in [1.29, 1.82) is 0 Å². The van der Waals surface area contributed by atoms with Crippen molar-refractivity contribution >= 4 is 68.8 Å². The number of halogens is 2.